The summed E-state index contributed by atoms with van der Waals surface area (Å²) in [4.78, 5) is 15.8. The number of hydrogen-bond donors (Lipinski definition) is 3. The fourth-order valence-corrected chi connectivity index (χ4v) is 4.42. The summed E-state index contributed by atoms with van der Waals surface area (Å²) >= 11 is 0. The molecule has 1 aliphatic carbocycles. The zero-order chi connectivity index (χ0) is 16.6. The Kier molecular flexibility index (Phi) is 4.09. The van der Waals surface area contributed by atoms with Crippen LogP contribution in [0, 0.1) is 11.3 Å². The van der Waals surface area contributed by atoms with Crippen molar-refractivity contribution >= 4 is 16.8 Å². The van der Waals surface area contributed by atoms with Gasteiger partial charge in [0.2, 0.25) is 5.91 Å². The highest BCUT2D eigenvalue weighted by Crippen LogP contribution is 2.58. The molecule has 24 heavy (non-hydrogen) atoms. The number of para-hydroxylation sites is 1. The van der Waals surface area contributed by atoms with Crippen molar-refractivity contribution in [2.45, 2.75) is 39.0 Å². The fourth-order valence-electron chi connectivity index (χ4n) is 4.42. The van der Waals surface area contributed by atoms with E-state index in [0.717, 1.165) is 51.7 Å². The van der Waals surface area contributed by atoms with E-state index < -0.39 is 0 Å². The molecule has 1 saturated heterocycles. The Bertz CT molecular complexity index is 742. The molecule has 1 atom stereocenters. The van der Waals surface area contributed by atoms with Crippen LogP contribution in [0.5, 0.6) is 0 Å². The van der Waals surface area contributed by atoms with Crippen LogP contribution in [0.15, 0.2) is 24.4 Å². The van der Waals surface area contributed by atoms with Gasteiger partial charge in [-0.15, -0.1) is 0 Å². The van der Waals surface area contributed by atoms with E-state index in [9.17, 15) is 4.79 Å². The highest BCUT2D eigenvalue weighted by Gasteiger charge is 2.57. The quantitative estimate of drug-likeness (QED) is 0.792. The molecule has 0 radical (unpaired) electrons. The molecular weight excluding hydrogens is 298 g/mol. The monoisotopic (exact) mass is 325 g/mol. The number of hydrogen-bond acceptors (Lipinski definition) is 2. The normalized spacial score (nSPS) is 22.0. The van der Waals surface area contributed by atoms with Gasteiger partial charge in [-0.05, 0) is 61.7 Å². The number of fused-ring (bicyclic) bond motifs is 1. The Morgan fingerprint density at radius 3 is 2.92 bits per heavy atom. The van der Waals surface area contributed by atoms with Gasteiger partial charge < -0.3 is 15.6 Å². The number of aromatic nitrogens is 1. The van der Waals surface area contributed by atoms with Crippen molar-refractivity contribution in [1.82, 2.24) is 15.6 Å². The molecule has 2 aromatic rings. The lowest BCUT2D eigenvalue weighted by molar-refractivity contribution is -0.123. The van der Waals surface area contributed by atoms with Crippen molar-refractivity contribution in [3.05, 3.63) is 35.5 Å². The zero-order valence-electron chi connectivity index (χ0n) is 14.5. The molecule has 4 heteroatoms. The fraction of sp³-hybridized carbons (Fsp3) is 0.550. The predicted octanol–water partition coefficient (Wildman–Crippen LogP) is 2.78. The molecule has 4 nitrogen and oxygen atoms in total. The van der Waals surface area contributed by atoms with Crippen LogP contribution < -0.4 is 10.6 Å². The summed E-state index contributed by atoms with van der Waals surface area (Å²) in [7, 11) is 0. The summed E-state index contributed by atoms with van der Waals surface area (Å²) in [6, 6.07) is 6.48. The first-order chi connectivity index (χ1) is 11.7. The average molecular weight is 325 g/mol. The van der Waals surface area contributed by atoms with Crippen LogP contribution in [0.4, 0.5) is 0 Å². The lowest BCUT2D eigenvalue weighted by atomic mass is 9.92. The largest absolute Gasteiger partial charge is 0.361 e. The predicted molar refractivity (Wildman–Crippen MR) is 97.0 cm³/mol. The molecule has 1 aromatic carbocycles. The van der Waals surface area contributed by atoms with Crippen molar-refractivity contribution in [1.29, 1.82) is 0 Å². The second-order valence-corrected chi connectivity index (χ2v) is 7.42. The van der Waals surface area contributed by atoms with Gasteiger partial charge in [0.15, 0.2) is 0 Å². The van der Waals surface area contributed by atoms with Crippen molar-refractivity contribution in [3.8, 4) is 0 Å². The highest BCUT2D eigenvalue weighted by atomic mass is 16.2. The van der Waals surface area contributed by atoms with Crippen LogP contribution in [0.2, 0.25) is 0 Å². The third kappa shape index (κ3) is 2.73. The summed E-state index contributed by atoms with van der Waals surface area (Å²) in [5.74, 6) is 0.528. The lowest BCUT2D eigenvalue weighted by Gasteiger charge is -2.23. The Morgan fingerprint density at radius 1 is 1.29 bits per heavy atom. The van der Waals surface area contributed by atoms with Gasteiger partial charge in [-0.2, -0.15) is 0 Å². The van der Waals surface area contributed by atoms with E-state index in [4.69, 9.17) is 0 Å². The maximum Gasteiger partial charge on any atom is 0.223 e. The molecule has 0 bridgehead atoms. The summed E-state index contributed by atoms with van der Waals surface area (Å²) in [6.07, 6.45) is 7.43. The Balaban J connectivity index is 1.34. The van der Waals surface area contributed by atoms with E-state index in [1.807, 2.05) is 0 Å². The van der Waals surface area contributed by atoms with E-state index in [1.165, 1.54) is 22.0 Å². The summed E-state index contributed by atoms with van der Waals surface area (Å²) in [5.41, 5.74) is 4.23. The molecule has 1 amide bonds. The van der Waals surface area contributed by atoms with Gasteiger partial charge in [0.25, 0.3) is 0 Å². The minimum absolute atomic E-state index is 0.259. The van der Waals surface area contributed by atoms with Crippen LogP contribution in [0.3, 0.4) is 0 Å². The Labute approximate surface area is 143 Å². The average Bonchev–Trinajstić information content (AvgIpc) is 3.14. The number of benzene rings is 1. The first kappa shape index (κ1) is 15.7. The summed E-state index contributed by atoms with van der Waals surface area (Å²) in [6.45, 7) is 5.05. The van der Waals surface area contributed by atoms with Gasteiger partial charge in [0.05, 0.1) is 0 Å². The highest BCUT2D eigenvalue weighted by molar-refractivity contribution is 5.86. The number of aromatic amines is 1. The van der Waals surface area contributed by atoms with Crippen LogP contribution in [-0.2, 0) is 17.6 Å². The van der Waals surface area contributed by atoms with Gasteiger partial charge in [-0.1, -0.05) is 25.1 Å². The lowest BCUT2D eigenvalue weighted by Crippen LogP contribution is -2.34. The molecule has 128 valence electrons. The molecule has 2 fully saturated rings. The van der Waals surface area contributed by atoms with Crippen LogP contribution in [0.25, 0.3) is 10.9 Å². The van der Waals surface area contributed by atoms with Crippen molar-refractivity contribution in [3.63, 3.8) is 0 Å². The number of nitrogens with one attached hydrogen (secondary N) is 3. The molecule has 1 saturated carbocycles. The SMILES string of the molecule is CCc1cccc2c(CCNC(=O)C3CC34CCNCC4)c[nH]c12. The molecule has 4 rings (SSSR count). The second kappa shape index (κ2) is 6.25. The first-order valence-corrected chi connectivity index (χ1v) is 9.30. The van der Waals surface area contributed by atoms with E-state index in [2.05, 4.69) is 46.9 Å². The molecule has 2 aliphatic rings. The number of rotatable bonds is 5. The molecule has 1 unspecified atom stereocenters. The molecule has 2 heterocycles. The summed E-state index contributed by atoms with van der Waals surface area (Å²) in [5, 5.41) is 7.86. The van der Waals surface area contributed by atoms with E-state index in [0.29, 0.717) is 5.41 Å². The third-order valence-corrected chi connectivity index (χ3v) is 6.07. The van der Waals surface area contributed by atoms with E-state index in [-0.39, 0.29) is 11.8 Å². The van der Waals surface area contributed by atoms with Crippen molar-refractivity contribution < 1.29 is 4.79 Å². The smallest absolute Gasteiger partial charge is 0.223 e. The number of H-pyrrole nitrogens is 1. The van der Waals surface area contributed by atoms with Gasteiger partial charge in [-0.3, -0.25) is 4.79 Å². The molecule has 1 aliphatic heterocycles. The minimum Gasteiger partial charge on any atom is -0.361 e. The zero-order valence-corrected chi connectivity index (χ0v) is 14.5. The number of piperidine rings is 1. The maximum absolute atomic E-state index is 12.4. The minimum atomic E-state index is 0.259. The first-order valence-electron chi connectivity index (χ1n) is 9.30. The topological polar surface area (TPSA) is 56.9 Å². The van der Waals surface area contributed by atoms with Crippen molar-refractivity contribution in [2.75, 3.05) is 19.6 Å². The molecule has 1 spiro atoms. The van der Waals surface area contributed by atoms with E-state index >= 15 is 0 Å². The van der Waals surface area contributed by atoms with Crippen LogP contribution >= 0.6 is 0 Å². The third-order valence-electron chi connectivity index (χ3n) is 6.07. The van der Waals surface area contributed by atoms with Crippen LogP contribution in [-0.4, -0.2) is 30.5 Å². The van der Waals surface area contributed by atoms with E-state index in [1.54, 1.807) is 0 Å². The number of amides is 1. The maximum atomic E-state index is 12.4. The van der Waals surface area contributed by atoms with Gasteiger partial charge in [0, 0.05) is 29.6 Å². The summed E-state index contributed by atoms with van der Waals surface area (Å²) < 4.78 is 0. The molecular formula is C20H27N3O. The van der Waals surface area contributed by atoms with Gasteiger partial charge in [0.1, 0.15) is 0 Å². The number of aryl methyl sites for hydroxylation is 1. The molecule has 1 aromatic heterocycles. The number of carbonyl (C=O) groups is 1. The standard InChI is InChI=1S/C20H27N3O/c1-2-14-4-3-5-16-15(13-23-18(14)16)6-9-22-19(24)17-12-20(17)7-10-21-11-8-20/h3-5,13,17,21,23H,2,6-12H2,1H3,(H,22,24). The van der Waals surface area contributed by atoms with Crippen molar-refractivity contribution in [2.24, 2.45) is 11.3 Å². The Morgan fingerprint density at radius 2 is 2.12 bits per heavy atom. The Hall–Kier alpha value is -1.81. The van der Waals surface area contributed by atoms with Gasteiger partial charge in [-0.25, -0.2) is 0 Å². The number of carbonyl (C=O) groups excluding carboxylic acids is 1. The second-order valence-electron chi connectivity index (χ2n) is 7.42. The van der Waals surface area contributed by atoms with Gasteiger partial charge >= 0.3 is 0 Å². The molecule has 3 N–H and O–H groups in total. The van der Waals surface area contributed by atoms with Crippen LogP contribution in [0.1, 0.15) is 37.3 Å².